The zero-order valence-corrected chi connectivity index (χ0v) is 20.3. The van der Waals surface area contributed by atoms with Crippen LogP contribution in [-0.2, 0) is 12.0 Å². The zero-order valence-electron chi connectivity index (χ0n) is 18.6. The third-order valence-electron chi connectivity index (χ3n) is 5.39. The molecule has 1 N–H and O–H groups in total. The van der Waals surface area contributed by atoms with Crippen LogP contribution in [0.5, 0.6) is 0 Å². The van der Waals surface area contributed by atoms with Crippen LogP contribution in [0.1, 0.15) is 51.5 Å². The van der Waals surface area contributed by atoms with Crippen LogP contribution in [0.15, 0.2) is 47.2 Å². The van der Waals surface area contributed by atoms with Crippen LogP contribution in [0.3, 0.4) is 0 Å². The molecule has 2 aromatic heterocycles. The molecule has 6 nitrogen and oxygen atoms in total. The molecule has 32 heavy (non-hydrogen) atoms. The minimum absolute atomic E-state index is 0.0459. The molecule has 2 amide bonds. The topological polar surface area (TPSA) is 65.5 Å². The summed E-state index contributed by atoms with van der Waals surface area (Å²) < 4.78 is 0. The van der Waals surface area contributed by atoms with E-state index in [0.717, 1.165) is 30.3 Å². The van der Waals surface area contributed by atoms with Crippen molar-refractivity contribution in [3.05, 3.63) is 68.3 Å². The van der Waals surface area contributed by atoms with Gasteiger partial charge in [-0.05, 0) is 23.6 Å². The summed E-state index contributed by atoms with van der Waals surface area (Å²) in [6, 6.07) is 10.8. The average molecular weight is 469 g/mol. The van der Waals surface area contributed by atoms with Gasteiger partial charge in [0, 0.05) is 43.5 Å². The Morgan fingerprint density at radius 3 is 2.44 bits per heavy atom. The van der Waals surface area contributed by atoms with Gasteiger partial charge < -0.3 is 10.2 Å². The maximum absolute atomic E-state index is 13.2. The monoisotopic (exact) mass is 468 g/mol. The summed E-state index contributed by atoms with van der Waals surface area (Å²) in [7, 11) is 0. The lowest BCUT2D eigenvalue weighted by molar-refractivity contribution is 0.0628. The first-order valence-electron chi connectivity index (χ1n) is 10.7. The number of amides is 2. The fourth-order valence-electron chi connectivity index (χ4n) is 3.60. The van der Waals surface area contributed by atoms with E-state index in [-0.39, 0.29) is 17.2 Å². The number of para-hydroxylation sites is 1. The highest BCUT2D eigenvalue weighted by Crippen LogP contribution is 2.26. The lowest BCUT2D eigenvalue weighted by Gasteiger charge is -2.34. The maximum Gasteiger partial charge on any atom is 0.265 e. The predicted octanol–water partition coefficient (Wildman–Crippen LogP) is 4.71. The summed E-state index contributed by atoms with van der Waals surface area (Å²) in [5.41, 5.74) is 2.25. The molecule has 4 rings (SSSR count). The van der Waals surface area contributed by atoms with E-state index in [0.29, 0.717) is 29.2 Å². The summed E-state index contributed by atoms with van der Waals surface area (Å²) in [6.07, 6.45) is 0. The molecule has 1 aromatic carbocycles. The van der Waals surface area contributed by atoms with Gasteiger partial charge in [0.25, 0.3) is 11.8 Å². The fourth-order valence-corrected chi connectivity index (χ4v) is 5.12. The van der Waals surface area contributed by atoms with Gasteiger partial charge in [-0.15, -0.1) is 22.7 Å². The van der Waals surface area contributed by atoms with Gasteiger partial charge in [0.15, 0.2) is 0 Å². The van der Waals surface area contributed by atoms with Gasteiger partial charge in [0.1, 0.15) is 0 Å². The van der Waals surface area contributed by atoms with Crippen LogP contribution >= 0.6 is 22.7 Å². The Bertz CT molecular complexity index is 1080. The van der Waals surface area contributed by atoms with Crippen molar-refractivity contribution in [2.75, 3.05) is 31.5 Å². The van der Waals surface area contributed by atoms with Gasteiger partial charge in [-0.3, -0.25) is 14.5 Å². The van der Waals surface area contributed by atoms with E-state index in [1.165, 1.54) is 11.3 Å². The second-order valence-electron chi connectivity index (χ2n) is 8.94. The number of anilines is 1. The van der Waals surface area contributed by atoms with Gasteiger partial charge in [-0.2, -0.15) is 0 Å². The Labute approximate surface area is 196 Å². The van der Waals surface area contributed by atoms with Crippen molar-refractivity contribution in [2.45, 2.75) is 32.7 Å². The van der Waals surface area contributed by atoms with Crippen LogP contribution in [0.4, 0.5) is 5.69 Å². The predicted molar refractivity (Wildman–Crippen MR) is 131 cm³/mol. The first-order chi connectivity index (χ1) is 15.3. The zero-order chi connectivity index (χ0) is 22.7. The largest absolute Gasteiger partial charge is 0.336 e. The third-order valence-corrected chi connectivity index (χ3v) is 7.57. The van der Waals surface area contributed by atoms with Crippen molar-refractivity contribution in [3.63, 3.8) is 0 Å². The molecule has 168 valence electrons. The summed E-state index contributed by atoms with van der Waals surface area (Å²) in [5.74, 6) is -0.238. The van der Waals surface area contributed by atoms with E-state index in [1.807, 2.05) is 28.5 Å². The number of carbonyl (C=O) groups is 2. The van der Waals surface area contributed by atoms with Crippen molar-refractivity contribution < 1.29 is 9.59 Å². The van der Waals surface area contributed by atoms with Crippen LogP contribution in [0, 0.1) is 0 Å². The summed E-state index contributed by atoms with van der Waals surface area (Å²) in [6.45, 7) is 10.3. The molecule has 1 aliphatic rings. The minimum atomic E-state index is -0.192. The first-order valence-corrected chi connectivity index (χ1v) is 12.5. The smallest absolute Gasteiger partial charge is 0.265 e. The van der Waals surface area contributed by atoms with Gasteiger partial charge in [-0.25, -0.2) is 4.98 Å². The first kappa shape index (κ1) is 22.6. The third kappa shape index (κ3) is 5.26. The second kappa shape index (κ2) is 9.52. The molecule has 1 fully saturated rings. The van der Waals surface area contributed by atoms with Crippen molar-refractivity contribution >= 4 is 40.2 Å². The molecular formula is C24H28N4O2S2. The number of nitrogens with one attached hydrogen (secondary N) is 1. The Balaban J connectivity index is 1.36. The second-order valence-corrected chi connectivity index (χ2v) is 10.7. The molecule has 1 saturated heterocycles. The SMILES string of the molecule is CC(C)(C)c1nc(CN2CCN(C(=O)c3ccccc3NC(=O)c3cccs3)CC2)cs1. The Kier molecular flexibility index (Phi) is 6.74. The van der Waals surface area contributed by atoms with E-state index in [1.54, 1.807) is 29.5 Å². The van der Waals surface area contributed by atoms with Crippen molar-refractivity contribution in [1.82, 2.24) is 14.8 Å². The van der Waals surface area contributed by atoms with Gasteiger partial charge in [0.05, 0.1) is 26.8 Å². The van der Waals surface area contributed by atoms with Crippen LogP contribution in [0.2, 0.25) is 0 Å². The van der Waals surface area contributed by atoms with Crippen molar-refractivity contribution in [2.24, 2.45) is 0 Å². The number of hydrogen-bond donors (Lipinski definition) is 1. The molecule has 0 unspecified atom stereocenters. The average Bonchev–Trinajstić information content (AvgIpc) is 3.46. The Hall–Kier alpha value is -2.55. The summed E-state index contributed by atoms with van der Waals surface area (Å²) in [4.78, 5) is 35.3. The van der Waals surface area contributed by atoms with Crippen molar-refractivity contribution in [3.8, 4) is 0 Å². The standard InChI is InChI=1S/C24H28N4O2S2/c1-24(2,3)23-25-17(16-32-23)15-27-10-12-28(13-11-27)22(30)18-7-4-5-8-19(18)26-21(29)20-9-6-14-31-20/h4-9,14,16H,10-13,15H2,1-3H3,(H,26,29). The molecule has 1 aliphatic heterocycles. The normalized spacial score (nSPS) is 15.0. The number of nitrogens with zero attached hydrogens (tertiary/aromatic N) is 3. The molecule has 3 heterocycles. The van der Waals surface area contributed by atoms with Gasteiger partial charge in [-0.1, -0.05) is 39.0 Å². The highest BCUT2D eigenvalue weighted by atomic mass is 32.1. The van der Waals surface area contributed by atoms with Crippen LogP contribution in [0.25, 0.3) is 0 Å². The van der Waals surface area contributed by atoms with E-state index in [9.17, 15) is 9.59 Å². The number of rotatable bonds is 5. The lowest BCUT2D eigenvalue weighted by Crippen LogP contribution is -2.48. The number of benzene rings is 1. The fraction of sp³-hybridized carbons (Fsp3) is 0.375. The Morgan fingerprint density at radius 1 is 1.03 bits per heavy atom. The number of aromatic nitrogens is 1. The number of hydrogen-bond acceptors (Lipinski definition) is 6. The molecule has 8 heteroatoms. The highest BCUT2D eigenvalue weighted by Gasteiger charge is 2.25. The van der Waals surface area contributed by atoms with Crippen molar-refractivity contribution in [1.29, 1.82) is 0 Å². The van der Waals surface area contributed by atoms with Crippen LogP contribution in [-0.4, -0.2) is 52.8 Å². The summed E-state index contributed by atoms with van der Waals surface area (Å²) >= 11 is 3.10. The highest BCUT2D eigenvalue weighted by molar-refractivity contribution is 7.12. The van der Waals surface area contributed by atoms with E-state index < -0.39 is 0 Å². The maximum atomic E-state index is 13.2. The molecule has 0 aliphatic carbocycles. The van der Waals surface area contributed by atoms with E-state index >= 15 is 0 Å². The number of carbonyl (C=O) groups excluding carboxylic acids is 2. The molecular weight excluding hydrogens is 440 g/mol. The lowest BCUT2D eigenvalue weighted by atomic mass is 9.98. The van der Waals surface area contributed by atoms with Crippen LogP contribution < -0.4 is 5.32 Å². The Morgan fingerprint density at radius 2 is 1.78 bits per heavy atom. The summed E-state index contributed by atoms with van der Waals surface area (Å²) in [5, 5.41) is 8.06. The quantitative estimate of drug-likeness (QED) is 0.589. The molecule has 0 saturated carbocycles. The van der Waals surface area contributed by atoms with Gasteiger partial charge >= 0.3 is 0 Å². The molecule has 0 spiro atoms. The molecule has 0 radical (unpaired) electrons. The van der Waals surface area contributed by atoms with E-state index in [2.05, 4.69) is 36.4 Å². The van der Waals surface area contributed by atoms with Gasteiger partial charge in [0.2, 0.25) is 0 Å². The number of thiazole rings is 1. The molecule has 3 aromatic rings. The van der Waals surface area contributed by atoms with E-state index in [4.69, 9.17) is 4.98 Å². The molecule has 0 bridgehead atoms. The number of thiophene rings is 1. The minimum Gasteiger partial charge on any atom is -0.336 e. The number of piperazine rings is 1. The molecule has 0 atom stereocenters.